The Morgan fingerprint density at radius 2 is 1.17 bits per heavy atom. The Labute approximate surface area is 245 Å². The molecule has 0 N–H and O–H groups in total. The first-order valence-corrected chi connectivity index (χ1v) is 14.8. The first-order chi connectivity index (χ1) is 20.6. The average molecular weight is 536 g/mol. The highest BCUT2D eigenvalue weighted by atomic mass is 15.0. The van der Waals surface area contributed by atoms with E-state index in [9.17, 15) is 0 Å². The van der Waals surface area contributed by atoms with Gasteiger partial charge in [0.15, 0.2) is 0 Å². The van der Waals surface area contributed by atoms with E-state index in [1.54, 1.807) is 0 Å². The van der Waals surface area contributed by atoms with Gasteiger partial charge < -0.3 is 4.57 Å². The Kier molecular flexibility index (Phi) is 4.73. The van der Waals surface area contributed by atoms with Gasteiger partial charge in [0.25, 0.3) is 0 Å². The van der Waals surface area contributed by atoms with Gasteiger partial charge in [-0.3, -0.25) is 0 Å². The maximum absolute atomic E-state index is 2.54. The molecule has 0 bridgehead atoms. The summed E-state index contributed by atoms with van der Waals surface area (Å²) < 4.78 is 2.54. The molecule has 42 heavy (non-hydrogen) atoms. The number of nitrogens with zero attached hydrogens (tertiary/aromatic N) is 1. The molecule has 1 nitrogen and oxygen atoms in total. The third-order valence-corrected chi connectivity index (χ3v) is 9.55. The first-order valence-electron chi connectivity index (χ1n) is 14.8. The lowest BCUT2D eigenvalue weighted by atomic mass is 9.68. The third kappa shape index (κ3) is 3.08. The predicted octanol–water partition coefficient (Wildman–Crippen LogP) is 11.1. The fraction of sp³-hybridized carbons (Fsp3) is 0.0732. The summed E-state index contributed by atoms with van der Waals surface area (Å²) in [5, 5.41) is 7.82. The number of hydrogen-bond acceptors (Lipinski definition) is 0. The van der Waals surface area contributed by atoms with Gasteiger partial charge in [0.2, 0.25) is 0 Å². The van der Waals surface area contributed by atoms with E-state index in [2.05, 4.69) is 158 Å². The summed E-state index contributed by atoms with van der Waals surface area (Å²) in [4.78, 5) is 0. The fourth-order valence-electron chi connectivity index (χ4n) is 7.58. The summed E-state index contributed by atoms with van der Waals surface area (Å²) in [6, 6.07) is 51.5. The lowest BCUT2D eigenvalue weighted by Gasteiger charge is -2.35. The van der Waals surface area contributed by atoms with Gasteiger partial charge in [-0.25, -0.2) is 0 Å². The van der Waals surface area contributed by atoms with Crippen molar-refractivity contribution >= 4 is 43.4 Å². The van der Waals surface area contributed by atoms with E-state index in [4.69, 9.17) is 0 Å². The molecule has 0 amide bonds. The van der Waals surface area contributed by atoms with Crippen molar-refractivity contribution in [2.24, 2.45) is 0 Å². The molecule has 1 aromatic heterocycles. The number of rotatable bonds is 2. The van der Waals surface area contributed by atoms with Gasteiger partial charge in [-0.2, -0.15) is 0 Å². The minimum Gasteiger partial charge on any atom is -0.308 e. The minimum atomic E-state index is -0.0857. The summed E-state index contributed by atoms with van der Waals surface area (Å²) in [5.41, 5.74) is 11.6. The van der Waals surface area contributed by atoms with Crippen molar-refractivity contribution in [3.8, 4) is 27.9 Å². The van der Waals surface area contributed by atoms with E-state index in [-0.39, 0.29) is 5.41 Å². The molecule has 7 aromatic carbocycles. The van der Waals surface area contributed by atoms with Gasteiger partial charge in [-0.05, 0) is 62.2 Å². The largest absolute Gasteiger partial charge is 0.308 e. The first kappa shape index (κ1) is 23.6. The van der Waals surface area contributed by atoms with Crippen LogP contribution in [0.5, 0.6) is 0 Å². The third-order valence-electron chi connectivity index (χ3n) is 9.55. The average Bonchev–Trinajstić information content (AvgIpc) is 3.38. The van der Waals surface area contributed by atoms with Crippen LogP contribution in [-0.2, 0) is 5.41 Å². The van der Waals surface area contributed by atoms with Crippen LogP contribution in [-0.4, -0.2) is 4.57 Å². The Bertz CT molecular complexity index is 2350. The number of hydrogen-bond donors (Lipinski definition) is 0. The molecular formula is C41H29N. The molecule has 0 unspecified atom stereocenters. The van der Waals surface area contributed by atoms with Crippen LogP contribution in [0.4, 0.5) is 0 Å². The molecule has 0 atom stereocenters. The Morgan fingerprint density at radius 3 is 2.02 bits per heavy atom. The zero-order chi connectivity index (χ0) is 28.0. The highest BCUT2D eigenvalue weighted by Crippen LogP contribution is 2.53. The van der Waals surface area contributed by atoms with Crippen molar-refractivity contribution in [2.45, 2.75) is 19.3 Å². The van der Waals surface area contributed by atoms with Crippen LogP contribution in [0, 0.1) is 0 Å². The molecule has 8 aromatic rings. The van der Waals surface area contributed by atoms with E-state index in [0.717, 1.165) is 0 Å². The van der Waals surface area contributed by atoms with Gasteiger partial charge in [-0.1, -0.05) is 135 Å². The molecule has 198 valence electrons. The highest BCUT2D eigenvalue weighted by molar-refractivity contribution is 6.26. The van der Waals surface area contributed by atoms with E-state index >= 15 is 0 Å². The van der Waals surface area contributed by atoms with Crippen LogP contribution in [0.2, 0.25) is 0 Å². The number of fused-ring (bicyclic) bond motifs is 8. The number of aromatic nitrogens is 1. The molecular weight excluding hydrogens is 506 g/mol. The topological polar surface area (TPSA) is 4.93 Å². The lowest BCUT2D eigenvalue weighted by Crippen LogP contribution is -2.23. The second kappa shape index (κ2) is 8.44. The van der Waals surface area contributed by atoms with Crippen LogP contribution in [0.3, 0.4) is 0 Å². The molecule has 1 heteroatoms. The molecule has 0 saturated heterocycles. The van der Waals surface area contributed by atoms with Gasteiger partial charge in [0.05, 0.1) is 11.0 Å². The summed E-state index contributed by atoms with van der Waals surface area (Å²) in [7, 11) is 0. The van der Waals surface area contributed by atoms with Crippen molar-refractivity contribution in [2.75, 3.05) is 0 Å². The van der Waals surface area contributed by atoms with Crippen molar-refractivity contribution in [3.63, 3.8) is 0 Å². The summed E-state index contributed by atoms with van der Waals surface area (Å²) in [6.07, 6.45) is 0. The Hall–Kier alpha value is -5.14. The fourth-order valence-corrected chi connectivity index (χ4v) is 7.58. The summed E-state index contributed by atoms with van der Waals surface area (Å²) in [5.74, 6) is 0. The molecule has 9 rings (SSSR count). The zero-order valence-electron chi connectivity index (χ0n) is 23.7. The van der Waals surface area contributed by atoms with Gasteiger partial charge in [0, 0.05) is 32.8 Å². The Morgan fingerprint density at radius 1 is 0.476 bits per heavy atom. The molecule has 0 aliphatic heterocycles. The highest BCUT2D eigenvalue weighted by Gasteiger charge is 2.35. The second-order valence-corrected chi connectivity index (χ2v) is 12.2. The van der Waals surface area contributed by atoms with Crippen LogP contribution in [0.15, 0.2) is 140 Å². The molecule has 1 heterocycles. The summed E-state index contributed by atoms with van der Waals surface area (Å²) in [6.45, 7) is 4.75. The minimum absolute atomic E-state index is 0.0857. The molecule has 0 spiro atoms. The second-order valence-electron chi connectivity index (χ2n) is 12.2. The molecule has 1 aliphatic rings. The number of benzene rings is 7. The zero-order valence-corrected chi connectivity index (χ0v) is 23.7. The standard InChI is InChI=1S/C41H29N/c1-41(2)35-17-9-8-16-33(35)38-37-29(14-10-18-36(37)41)25-34-32-24-21-28-13-6-7-15-31(28)39(32)42(40(34)38)30-22-19-27(20-23-30)26-11-4-3-5-12-26/h3-25H,1-2H3. The molecule has 1 aliphatic carbocycles. The molecule has 0 fully saturated rings. The summed E-state index contributed by atoms with van der Waals surface area (Å²) >= 11 is 0. The Balaban J connectivity index is 1.50. The van der Waals surface area contributed by atoms with Gasteiger partial charge >= 0.3 is 0 Å². The predicted molar refractivity (Wildman–Crippen MR) is 179 cm³/mol. The van der Waals surface area contributed by atoms with E-state index in [0.29, 0.717) is 0 Å². The molecule has 0 saturated carbocycles. The SMILES string of the molecule is CC1(C)c2ccccc2-c2c3c1cccc3cc1c3ccc4ccccc4c3n(-c3ccc(-c4ccccc4)cc3)c21. The van der Waals surface area contributed by atoms with E-state index in [1.807, 2.05) is 0 Å². The van der Waals surface area contributed by atoms with Crippen molar-refractivity contribution in [3.05, 3.63) is 151 Å². The maximum Gasteiger partial charge on any atom is 0.0626 e. The quantitative estimate of drug-likeness (QED) is 0.207. The van der Waals surface area contributed by atoms with Gasteiger partial charge in [0.1, 0.15) is 0 Å². The lowest BCUT2D eigenvalue weighted by molar-refractivity contribution is 0.645. The van der Waals surface area contributed by atoms with Gasteiger partial charge in [-0.15, -0.1) is 0 Å². The van der Waals surface area contributed by atoms with Crippen molar-refractivity contribution in [1.29, 1.82) is 0 Å². The smallest absolute Gasteiger partial charge is 0.0626 e. The monoisotopic (exact) mass is 535 g/mol. The maximum atomic E-state index is 2.54. The molecule has 0 radical (unpaired) electrons. The van der Waals surface area contributed by atoms with Crippen molar-refractivity contribution < 1.29 is 0 Å². The van der Waals surface area contributed by atoms with Crippen LogP contribution >= 0.6 is 0 Å². The van der Waals surface area contributed by atoms with Crippen molar-refractivity contribution in [1.82, 2.24) is 4.57 Å². The normalized spacial score (nSPS) is 13.7. The van der Waals surface area contributed by atoms with E-state index in [1.165, 1.54) is 82.4 Å². The van der Waals surface area contributed by atoms with Crippen LogP contribution in [0.25, 0.3) is 71.3 Å². The van der Waals surface area contributed by atoms with Crippen LogP contribution < -0.4 is 0 Å². The van der Waals surface area contributed by atoms with Crippen LogP contribution in [0.1, 0.15) is 25.0 Å². The van der Waals surface area contributed by atoms with E-state index < -0.39 is 0 Å².